The van der Waals surface area contributed by atoms with Crippen molar-refractivity contribution in [3.8, 4) is 0 Å². The van der Waals surface area contributed by atoms with Crippen molar-refractivity contribution in [2.45, 2.75) is 36.3 Å². The summed E-state index contributed by atoms with van der Waals surface area (Å²) in [6, 6.07) is 0.719. The molecule has 0 spiro atoms. The van der Waals surface area contributed by atoms with Gasteiger partial charge in [-0.3, -0.25) is 4.40 Å². The number of thioether (sulfide) groups is 1. The van der Waals surface area contributed by atoms with E-state index in [1.54, 1.807) is 23.1 Å². The van der Waals surface area contributed by atoms with Gasteiger partial charge in [-0.25, -0.2) is 9.67 Å². The Kier molecular flexibility index (Phi) is 3.62. The van der Waals surface area contributed by atoms with Gasteiger partial charge in [0, 0.05) is 36.1 Å². The van der Waals surface area contributed by atoms with Crippen LogP contribution in [0.3, 0.4) is 0 Å². The van der Waals surface area contributed by atoms with Crippen molar-refractivity contribution in [3.05, 3.63) is 23.5 Å². The summed E-state index contributed by atoms with van der Waals surface area (Å²) in [5.74, 6) is 0.783. The third kappa shape index (κ3) is 3.09. The highest BCUT2D eigenvalue weighted by atomic mass is 32.2. The predicted molar refractivity (Wildman–Crippen MR) is 81.5 cm³/mol. The minimum absolute atomic E-state index is 0.719. The Balaban J connectivity index is 1.35. The molecule has 9 heteroatoms. The molecule has 0 amide bonds. The average molecular weight is 321 g/mol. The van der Waals surface area contributed by atoms with Crippen molar-refractivity contribution in [3.63, 3.8) is 0 Å². The monoisotopic (exact) mass is 321 g/mol. The second-order valence-corrected chi connectivity index (χ2v) is 6.84. The van der Waals surface area contributed by atoms with E-state index in [1.807, 2.05) is 20.7 Å². The van der Waals surface area contributed by atoms with Crippen LogP contribution in [0.5, 0.6) is 0 Å². The number of fused-ring (bicyclic) bond motifs is 1. The fourth-order valence-electron chi connectivity index (χ4n) is 2.09. The lowest BCUT2D eigenvalue weighted by molar-refractivity contribution is 0.509. The number of aromatic nitrogens is 6. The van der Waals surface area contributed by atoms with Gasteiger partial charge in [0.1, 0.15) is 0 Å². The minimum Gasteiger partial charge on any atom is -0.312 e. The number of imidazole rings is 1. The van der Waals surface area contributed by atoms with Crippen molar-refractivity contribution in [1.29, 1.82) is 0 Å². The third-order valence-electron chi connectivity index (χ3n) is 3.33. The van der Waals surface area contributed by atoms with Crippen LogP contribution in [0.2, 0.25) is 0 Å². The van der Waals surface area contributed by atoms with Crippen LogP contribution in [0.15, 0.2) is 22.9 Å². The maximum absolute atomic E-state index is 4.57. The first-order valence-corrected chi connectivity index (χ1v) is 8.78. The molecule has 0 radical (unpaired) electrons. The van der Waals surface area contributed by atoms with E-state index in [9.17, 15) is 0 Å². The SMILES string of the molecule is c1cn2cc(CSc3nnnn3CCNC3CC3)nc2s1. The maximum Gasteiger partial charge on any atom is 0.209 e. The zero-order chi connectivity index (χ0) is 14.1. The molecule has 1 saturated carbocycles. The van der Waals surface area contributed by atoms with Gasteiger partial charge in [0.05, 0.1) is 12.2 Å². The first-order chi connectivity index (χ1) is 10.4. The van der Waals surface area contributed by atoms with E-state index in [0.717, 1.165) is 40.7 Å². The lowest BCUT2D eigenvalue weighted by Gasteiger charge is -2.04. The average Bonchev–Trinajstić information content (AvgIpc) is 2.85. The molecule has 0 aromatic carbocycles. The summed E-state index contributed by atoms with van der Waals surface area (Å²) in [4.78, 5) is 5.59. The van der Waals surface area contributed by atoms with Crippen LogP contribution in [0.1, 0.15) is 18.5 Å². The van der Waals surface area contributed by atoms with E-state index in [-0.39, 0.29) is 0 Å². The Morgan fingerprint density at radius 3 is 3.24 bits per heavy atom. The first kappa shape index (κ1) is 13.2. The lowest BCUT2D eigenvalue weighted by atomic mass is 10.6. The summed E-state index contributed by atoms with van der Waals surface area (Å²) in [6.45, 7) is 1.73. The van der Waals surface area contributed by atoms with Crippen molar-refractivity contribution in [2.24, 2.45) is 0 Å². The molecule has 3 aromatic rings. The van der Waals surface area contributed by atoms with Crippen LogP contribution in [0.25, 0.3) is 4.96 Å². The van der Waals surface area contributed by atoms with Crippen LogP contribution >= 0.6 is 23.1 Å². The number of nitrogens with one attached hydrogen (secondary N) is 1. The Labute approximate surface area is 129 Å². The summed E-state index contributed by atoms with van der Waals surface area (Å²) in [7, 11) is 0. The lowest BCUT2D eigenvalue weighted by Crippen LogP contribution is -2.22. The minimum atomic E-state index is 0.719. The van der Waals surface area contributed by atoms with E-state index in [4.69, 9.17) is 0 Å². The number of rotatable bonds is 7. The Morgan fingerprint density at radius 1 is 1.43 bits per heavy atom. The van der Waals surface area contributed by atoms with Crippen molar-refractivity contribution in [1.82, 2.24) is 34.9 Å². The van der Waals surface area contributed by atoms with Gasteiger partial charge in [-0.2, -0.15) is 0 Å². The smallest absolute Gasteiger partial charge is 0.209 e. The molecule has 21 heavy (non-hydrogen) atoms. The summed E-state index contributed by atoms with van der Waals surface area (Å²) in [5, 5.41) is 18.3. The fourth-order valence-corrected chi connectivity index (χ4v) is 3.59. The third-order valence-corrected chi connectivity index (χ3v) is 5.09. The van der Waals surface area contributed by atoms with Gasteiger partial charge in [-0.1, -0.05) is 11.8 Å². The highest BCUT2D eigenvalue weighted by Gasteiger charge is 2.20. The molecule has 7 nitrogen and oxygen atoms in total. The second-order valence-electron chi connectivity index (χ2n) is 5.03. The molecule has 0 aliphatic heterocycles. The highest BCUT2D eigenvalue weighted by Crippen LogP contribution is 2.21. The predicted octanol–water partition coefficient (Wildman–Crippen LogP) is 1.43. The van der Waals surface area contributed by atoms with Crippen LogP contribution in [-0.2, 0) is 12.3 Å². The van der Waals surface area contributed by atoms with Crippen LogP contribution in [0.4, 0.5) is 0 Å². The molecule has 0 atom stereocenters. The number of hydrogen-bond donors (Lipinski definition) is 1. The van der Waals surface area contributed by atoms with E-state index >= 15 is 0 Å². The Morgan fingerprint density at radius 2 is 2.38 bits per heavy atom. The van der Waals surface area contributed by atoms with Gasteiger partial charge in [0.15, 0.2) is 4.96 Å². The van der Waals surface area contributed by atoms with Gasteiger partial charge in [0.2, 0.25) is 5.16 Å². The molecular formula is C12H15N7S2. The molecule has 0 saturated heterocycles. The van der Waals surface area contributed by atoms with Crippen LogP contribution < -0.4 is 5.32 Å². The van der Waals surface area contributed by atoms with Gasteiger partial charge < -0.3 is 5.32 Å². The Hall–Kier alpha value is -1.45. The highest BCUT2D eigenvalue weighted by molar-refractivity contribution is 7.98. The fraction of sp³-hybridized carbons (Fsp3) is 0.500. The van der Waals surface area contributed by atoms with Crippen molar-refractivity contribution < 1.29 is 0 Å². The number of nitrogens with zero attached hydrogens (tertiary/aromatic N) is 6. The number of tetrazole rings is 1. The summed E-state index contributed by atoms with van der Waals surface area (Å²) >= 11 is 3.27. The zero-order valence-corrected chi connectivity index (χ0v) is 13.0. The molecule has 110 valence electrons. The standard InChI is InChI=1S/C12H15N7S2/c1-2-9(1)13-3-4-19-12(15-16-17-19)21-8-10-7-18-5-6-20-11(18)14-10/h5-7,9,13H,1-4,8H2. The van der Waals surface area contributed by atoms with E-state index < -0.39 is 0 Å². The molecule has 0 unspecified atom stereocenters. The largest absolute Gasteiger partial charge is 0.312 e. The van der Waals surface area contributed by atoms with Gasteiger partial charge in [-0.15, -0.1) is 16.4 Å². The molecule has 1 aliphatic rings. The molecule has 3 aromatic heterocycles. The van der Waals surface area contributed by atoms with Gasteiger partial charge in [0.25, 0.3) is 0 Å². The molecule has 1 aliphatic carbocycles. The topological polar surface area (TPSA) is 72.9 Å². The van der Waals surface area contributed by atoms with Crippen LogP contribution in [0, 0.1) is 0 Å². The normalized spacial score (nSPS) is 15.0. The quantitative estimate of drug-likeness (QED) is 0.664. The summed E-state index contributed by atoms with van der Waals surface area (Å²) in [5.41, 5.74) is 1.05. The van der Waals surface area contributed by atoms with Crippen LogP contribution in [-0.4, -0.2) is 42.2 Å². The molecule has 1 fully saturated rings. The number of thiazole rings is 1. The van der Waals surface area contributed by atoms with Gasteiger partial charge in [-0.05, 0) is 23.3 Å². The molecule has 4 rings (SSSR count). The first-order valence-electron chi connectivity index (χ1n) is 6.92. The molecule has 1 N–H and O–H groups in total. The molecular weight excluding hydrogens is 306 g/mol. The van der Waals surface area contributed by atoms with E-state index in [0.29, 0.717) is 0 Å². The maximum atomic E-state index is 4.57. The summed E-state index contributed by atoms with van der Waals surface area (Å²) in [6.07, 6.45) is 6.68. The zero-order valence-electron chi connectivity index (χ0n) is 11.3. The number of hydrogen-bond acceptors (Lipinski definition) is 7. The van der Waals surface area contributed by atoms with Crippen molar-refractivity contribution >= 4 is 28.1 Å². The van der Waals surface area contributed by atoms with Crippen molar-refractivity contribution in [2.75, 3.05) is 6.54 Å². The Bertz CT molecular complexity index is 698. The van der Waals surface area contributed by atoms with E-state index in [1.165, 1.54) is 12.8 Å². The molecule has 0 bridgehead atoms. The van der Waals surface area contributed by atoms with E-state index in [2.05, 4.69) is 32.0 Å². The summed E-state index contributed by atoms with van der Waals surface area (Å²) < 4.78 is 3.90. The second kappa shape index (κ2) is 5.74. The molecule has 3 heterocycles. The van der Waals surface area contributed by atoms with Gasteiger partial charge >= 0.3 is 0 Å².